The number of nitro groups is 1. The lowest BCUT2D eigenvalue weighted by molar-refractivity contribution is -0.352. The number of aromatic amines is 1. The molecule has 15 heteroatoms. The normalized spacial score (nSPS) is 18.6. The number of aryl methyl sites for hydroxylation is 2. The van der Waals surface area contributed by atoms with E-state index in [1.54, 1.807) is 0 Å². The van der Waals surface area contributed by atoms with E-state index in [9.17, 15) is 14.9 Å². The van der Waals surface area contributed by atoms with Crippen molar-refractivity contribution in [2.24, 2.45) is 44.8 Å². The van der Waals surface area contributed by atoms with Gasteiger partial charge in [-0.2, -0.15) is 15.2 Å². The fraction of sp³-hybridized carbons (Fsp3) is 0.394. The molecule has 6 rings (SSSR count). The van der Waals surface area contributed by atoms with Crippen molar-refractivity contribution in [3.05, 3.63) is 68.5 Å². The lowest BCUT2D eigenvalue weighted by Crippen LogP contribution is -2.52. The number of rotatable bonds is 8. The first kappa shape index (κ1) is 34.4. The predicted molar refractivity (Wildman–Crippen MR) is 191 cm³/mol. The molecule has 1 amide bonds. The fourth-order valence-corrected chi connectivity index (χ4v) is 7.30. The van der Waals surface area contributed by atoms with E-state index in [0.717, 1.165) is 68.7 Å². The van der Waals surface area contributed by atoms with Crippen LogP contribution >= 0.6 is 11.6 Å². The summed E-state index contributed by atoms with van der Waals surface area (Å²) in [6.45, 7) is 7.37. The Morgan fingerprint density at radius 3 is 2.73 bits per heavy atom. The summed E-state index contributed by atoms with van der Waals surface area (Å²) in [5, 5.41) is 24.2. The summed E-state index contributed by atoms with van der Waals surface area (Å²) in [5.74, 6) is -0.0493. The van der Waals surface area contributed by atoms with Gasteiger partial charge in [0.2, 0.25) is 6.41 Å². The van der Waals surface area contributed by atoms with Crippen molar-refractivity contribution in [3.8, 4) is 0 Å². The Bertz CT molecular complexity index is 1970. The number of carbonyl (C=O) groups excluding carboxylic acids is 1. The number of benzene rings is 2. The van der Waals surface area contributed by atoms with E-state index in [-0.39, 0.29) is 6.41 Å². The van der Waals surface area contributed by atoms with Crippen LogP contribution < -0.4 is 11.5 Å². The topological polar surface area (TPSA) is 199 Å². The SMILES string of the molecule is CC(=NCCC1CCC2(C1)CN(C)C2)/C(=C(\N)c1ccc2c(cnn2C)c1)c1c(Cl)c(C)cc2[nH]ncc12.NC(=NC=NC=O)[N+](=O)[O-]. The average Bonchev–Trinajstić information content (AvgIpc) is 3.78. The number of likely N-dealkylation sites (tertiary alicyclic amines) is 1. The molecule has 48 heavy (non-hydrogen) atoms. The Kier molecular flexibility index (Phi) is 10.3. The van der Waals surface area contributed by atoms with Crippen molar-refractivity contribution in [3.63, 3.8) is 0 Å². The third-order valence-electron chi connectivity index (χ3n) is 9.21. The van der Waals surface area contributed by atoms with Crippen molar-refractivity contribution in [2.45, 2.75) is 39.5 Å². The highest BCUT2D eigenvalue weighted by molar-refractivity contribution is 6.40. The number of aliphatic imine (C=N–C) groups is 3. The summed E-state index contributed by atoms with van der Waals surface area (Å²) in [7, 11) is 4.17. The second kappa shape index (κ2) is 14.4. The van der Waals surface area contributed by atoms with E-state index in [4.69, 9.17) is 28.1 Å². The molecular weight excluding hydrogens is 634 g/mol. The molecule has 2 aliphatic rings. The first-order valence-electron chi connectivity index (χ1n) is 15.6. The molecule has 14 nitrogen and oxygen atoms in total. The van der Waals surface area contributed by atoms with Crippen molar-refractivity contribution in [2.75, 3.05) is 26.7 Å². The molecule has 1 saturated heterocycles. The standard InChI is InChI=1S/C30H36ClN7.C3H4N4O3/c1-18-11-24-23(15-34-36-24)27(28(18)31)26(29(32)21-5-6-25-22(12-21)14-35-38(25)4)19(2)33-10-8-20-7-9-30(13-20)16-37(3)17-30;4-3(7(9)10)6-1-5-2-8/h5-6,11-12,14-15,20H,7-10,13,16-17,32H2,1-4H3,(H,34,36);1-2H,(H2,4,5,6,8)/b29-26+,33-19?;. The van der Waals surface area contributed by atoms with Gasteiger partial charge in [-0.3, -0.25) is 25.3 Å². The van der Waals surface area contributed by atoms with Crippen LogP contribution in [0.25, 0.3) is 33.1 Å². The number of nitrogens with zero attached hydrogens (tertiary/aromatic N) is 8. The molecule has 2 fully saturated rings. The van der Waals surface area contributed by atoms with Crippen LogP contribution in [-0.4, -0.2) is 80.9 Å². The molecule has 252 valence electrons. The first-order valence-corrected chi connectivity index (χ1v) is 16.0. The number of aromatic nitrogens is 4. The minimum atomic E-state index is -0.892. The van der Waals surface area contributed by atoms with E-state index in [1.165, 1.54) is 32.4 Å². The maximum Gasteiger partial charge on any atom is 0.426 e. The largest absolute Gasteiger partial charge is 0.426 e. The monoisotopic (exact) mass is 673 g/mol. The van der Waals surface area contributed by atoms with Crippen molar-refractivity contribution in [1.29, 1.82) is 0 Å². The Hall–Kier alpha value is -4.95. The number of amides is 1. The molecule has 1 spiro atoms. The van der Waals surface area contributed by atoms with Gasteiger partial charge < -0.3 is 20.7 Å². The molecule has 1 atom stereocenters. The quantitative estimate of drug-likeness (QED) is 0.0602. The molecule has 5 N–H and O–H groups in total. The summed E-state index contributed by atoms with van der Waals surface area (Å²) in [6.07, 6.45) is 9.71. The van der Waals surface area contributed by atoms with E-state index in [2.05, 4.69) is 62.4 Å². The van der Waals surface area contributed by atoms with Crippen molar-refractivity contribution >= 4 is 69.1 Å². The molecule has 0 bridgehead atoms. The Morgan fingerprint density at radius 2 is 2.02 bits per heavy atom. The Morgan fingerprint density at radius 1 is 1.25 bits per heavy atom. The van der Waals surface area contributed by atoms with Crippen LogP contribution in [-0.2, 0) is 11.8 Å². The number of guanidine groups is 1. The van der Waals surface area contributed by atoms with E-state index >= 15 is 0 Å². The number of halogens is 1. The number of fused-ring (bicyclic) bond motifs is 2. The molecule has 1 aliphatic carbocycles. The summed E-state index contributed by atoms with van der Waals surface area (Å²) < 4.78 is 1.87. The molecule has 2 aromatic carbocycles. The number of hydrogen-bond acceptors (Lipinski definition) is 8. The summed E-state index contributed by atoms with van der Waals surface area (Å²) in [5.41, 5.74) is 19.5. The lowest BCUT2D eigenvalue weighted by Gasteiger charge is -2.46. The molecule has 1 unspecified atom stereocenters. The zero-order valence-electron chi connectivity index (χ0n) is 27.5. The highest BCUT2D eigenvalue weighted by Crippen LogP contribution is 2.48. The van der Waals surface area contributed by atoms with Crippen LogP contribution in [0.5, 0.6) is 0 Å². The van der Waals surface area contributed by atoms with Crippen LogP contribution in [0.3, 0.4) is 0 Å². The van der Waals surface area contributed by atoms with Gasteiger partial charge >= 0.3 is 5.96 Å². The van der Waals surface area contributed by atoms with E-state index < -0.39 is 10.9 Å². The number of nitrogens with one attached hydrogen (secondary N) is 1. The third kappa shape index (κ3) is 7.29. The van der Waals surface area contributed by atoms with Gasteiger partial charge in [0.25, 0.3) is 0 Å². The number of hydrogen-bond donors (Lipinski definition) is 3. The number of nitrogens with two attached hydrogens (primary N) is 2. The van der Waals surface area contributed by atoms with Crippen LogP contribution in [0.1, 0.15) is 49.3 Å². The average molecular weight is 674 g/mol. The predicted octanol–water partition coefficient (Wildman–Crippen LogP) is 4.58. The molecular formula is C33H40ClN11O3. The maximum atomic E-state index is 9.69. The van der Waals surface area contributed by atoms with Gasteiger partial charge in [-0.25, -0.2) is 0 Å². The zero-order chi connectivity index (χ0) is 34.6. The molecule has 4 aromatic rings. The van der Waals surface area contributed by atoms with Gasteiger partial charge in [0.1, 0.15) is 0 Å². The van der Waals surface area contributed by atoms with Gasteiger partial charge in [0, 0.05) is 60.0 Å². The first-order chi connectivity index (χ1) is 22.9. The molecule has 3 heterocycles. The van der Waals surface area contributed by atoms with Gasteiger partial charge in [-0.1, -0.05) is 22.7 Å². The van der Waals surface area contributed by atoms with E-state index in [1.807, 2.05) is 37.1 Å². The minimum absolute atomic E-state index is 0.191. The number of carbonyl (C=O) groups is 1. The Labute approximate surface area is 282 Å². The maximum absolute atomic E-state index is 9.69. The number of H-pyrrole nitrogens is 1. The molecule has 1 saturated carbocycles. The van der Waals surface area contributed by atoms with Crippen LogP contribution in [0.4, 0.5) is 0 Å². The highest BCUT2D eigenvalue weighted by Gasteiger charge is 2.46. The second-order valence-electron chi connectivity index (χ2n) is 12.7. The van der Waals surface area contributed by atoms with E-state index in [0.29, 0.717) is 22.5 Å². The smallest absolute Gasteiger partial charge is 0.398 e. The van der Waals surface area contributed by atoms with Crippen molar-refractivity contribution < 1.29 is 9.72 Å². The lowest BCUT2D eigenvalue weighted by atomic mass is 9.78. The van der Waals surface area contributed by atoms with Crippen LogP contribution in [0.15, 0.2) is 51.6 Å². The molecule has 2 aromatic heterocycles. The molecule has 0 radical (unpaired) electrons. The fourth-order valence-electron chi connectivity index (χ4n) is 7.05. The summed E-state index contributed by atoms with van der Waals surface area (Å²) >= 11 is 7.00. The summed E-state index contributed by atoms with van der Waals surface area (Å²) in [6, 6.07) is 8.24. The second-order valence-corrected chi connectivity index (χ2v) is 13.1. The van der Waals surface area contributed by atoms with Gasteiger partial charge in [0.05, 0.1) is 28.4 Å². The third-order valence-corrected chi connectivity index (χ3v) is 9.70. The highest BCUT2D eigenvalue weighted by atomic mass is 35.5. The van der Waals surface area contributed by atoms with Crippen LogP contribution in [0, 0.1) is 28.4 Å². The van der Waals surface area contributed by atoms with Gasteiger partial charge in [0.15, 0.2) is 6.34 Å². The molecule has 1 aliphatic heterocycles. The van der Waals surface area contributed by atoms with Crippen molar-refractivity contribution in [1.82, 2.24) is 24.9 Å². The van der Waals surface area contributed by atoms with Gasteiger partial charge in [-0.05, 0) is 92.2 Å². The minimum Gasteiger partial charge on any atom is -0.398 e. The Balaban J connectivity index is 0.000000393. The van der Waals surface area contributed by atoms with Gasteiger partial charge in [-0.15, -0.1) is 0 Å². The summed E-state index contributed by atoms with van der Waals surface area (Å²) in [4.78, 5) is 31.7. The number of allylic oxidation sites excluding steroid dienone is 1. The van der Waals surface area contributed by atoms with Crippen LogP contribution in [0.2, 0.25) is 5.02 Å². The zero-order valence-corrected chi connectivity index (χ0v) is 28.2.